The third-order valence-corrected chi connectivity index (χ3v) is 3.79. The van der Waals surface area contributed by atoms with Crippen LogP contribution in [-0.2, 0) is 6.54 Å². The fourth-order valence-corrected chi connectivity index (χ4v) is 2.72. The lowest BCUT2D eigenvalue weighted by Crippen LogP contribution is -2.17. The second kappa shape index (κ2) is 6.08. The predicted molar refractivity (Wildman–Crippen MR) is 74.1 cm³/mol. The first-order valence-corrected chi connectivity index (χ1v) is 6.93. The summed E-state index contributed by atoms with van der Waals surface area (Å²) in [5, 5.41) is 7.42. The summed E-state index contributed by atoms with van der Waals surface area (Å²) < 4.78 is 1.55. The zero-order valence-electron chi connectivity index (χ0n) is 10.2. The van der Waals surface area contributed by atoms with E-state index in [1.807, 2.05) is 6.92 Å². The second-order valence-corrected chi connectivity index (χ2v) is 5.31. The number of halogens is 1. The molecular weight excluding hydrogens is 286 g/mol. The quantitative estimate of drug-likeness (QED) is 0.861. The molecule has 0 aliphatic rings. The van der Waals surface area contributed by atoms with E-state index in [2.05, 4.69) is 10.2 Å². The number of hydrogen-bond donors (Lipinski definition) is 1. The molecule has 0 saturated carbocycles. The molecule has 0 radical (unpaired) electrons. The summed E-state index contributed by atoms with van der Waals surface area (Å²) >= 11 is 7.10. The van der Waals surface area contributed by atoms with Gasteiger partial charge in [-0.1, -0.05) is 18.5 Å². The Kier molecular flexibility index (Phi) is 4.44. The van der Waals surface area contributed by atoms with E-state index in [4.69, 9.17) is 11.6 Å². The molecule has 0 amide bonds. The van der Waals surface area contributed by atoms with Crippen LogP contribution in [0.2, 0.25) is 5.02 Å². The van der Waals surface area contributed by atoms with Crippen LogP contribution in [0.15, 0.2) is 33.0 Å². The van der Waals surface area contributed by atoms with Gasteiger partial charge >= 0.3 is 5.69 Å². The largest absolute Gasteiger partial charge is 0.343 e. The molecule has 0 aliphatic heterocycles. The summed E-state index contributed by atoms with van der Waals surface area (Å²) in [6.07, 6.45) is 1.57. The number of nitrogens with zero attached hydrogens (tertiary/aromatic N) is 2. The van der Waals surface area contributed by atoms with Gasteiger partial charge in [0, 0.05) is 22.0 Å². The van der Waals surface area contributed by atoms with E-state index in [1.54, 1.807) is 22.8 Å². The Bertz CT molecular complexity index is 651. The molecule has 1 aromatic heterocycles. The van der Waals surface area contributed by atoms with E-state index in [0.29, 0.717) is 22.3 Å². The molecule has 1 N–H and O–H groups in total. The summed E-state index contributed by atoms with van der Waals surface area (Å²) in [7, 11) is 0. The van der Waals surface area contributed by atoms with E-state index >= 15 is 0 Å². The number of H-pyrrole nitrogens is 1. The summed E-state index contributed by atoms with van der Waals surface area (Å²) in [6.45, 7) is 2.56. The lowest BCUT2D eigenvalue weighted by Gasteiger charge is -2.05. The Morgan fingerprint density at radius 2 is 2.32 bits per heavy atom. The molecule has 2 aromatic rings. The van der Waals surface area contributed by atoms with Crippen LogP contribution in [0.3, 0.4) is 0 Å². The molecule has 0 saturated heterocycles. The number of aromatic nitrogens is 3. The number of benzene rings is 1. The molecule has 5 nitrogen and oxygen atoms in total. The van der Waals surface area contributed by atoms with Gasteiger partial charge in [-0.3, -0.25) is 9.36 Å². The third-order valence-electron chi connectivity index (χ3n) is 2.47. The average molecular weight is 298 g/mol. The molecule has 100 valence electrons. The maximum Gasteiger partial charge on any atom is 0.343 e. The standard InChI is InChI=1S/C12H12ClN3O2S/c1-2-5-16-11(18)14-15-12(16)19-10-4-3-9(13)6-8(10)7-17/h3-4,6-7H,2,5H2,1H3,(H,14,18). The van der Waals surface area contributed by atoms with Crippen LogP contribution in [0.25, 0.3) is 0 Å². The normalized spacial score (nSPS) is 10.6. The number of carbonyl (C=O) groups excluding carboxylic acids is 1. The highest BCUT2D eigenvalue weighted by molar-refractivity contribution is 7.99. The highest BCUT2D eigenvalue weighted by Crippen LogP contribution is 2.29. The van der Waals surface area contributed by atoms with Gasteiger partial charge in [0.15, 0.2) is 11.4 Å². The van der Waals surface area contributed by atoms with Crippen molar-refractivity contribution in [2.24, 2.45) is 0 Å². The Hall–Kier alpha value is -1.53. The summed E-state index contributed by atoms with van der Waals surface area (Å²) in [6, 6.07) is 5.03. The smallest absolute Gasteiger partial charge is 0.298 e. The van der Waals surface area contributed by atoms with Crippen molar-refractivity contribution in [2.45, 2.75) is 29.9 Å². The molecule has 0 bridgehead atoms. The van der Waals surface area contributed by atoms with Crippen molar-refractivity contribution in [1.29, 1.82) is 0 Å². The van der Waals surface area contributed by atoms with E-state index in [9.17, 15) is 9.59 Å². The van der Waals surface area contributed by atoms with Crippen LogP contribution >= 0.6 is 23.4 Å². The van der Waals surface area contributed by atoms with E-state index in [0.717, 1.165) is 17.6 Å². The average Bonchev–Trinajstić information content (AvgIpc) is 2.74. The highest BCUT2D eigenvalue weighted by Gasteiger charge is 2.12. The van der Waals surface area contributed by atoms with Crippen molar-refractivity contribution in [1.82, 2.24) is 14.8 Å². The van der Waals surface area contributed by atoms with Gasteiger partial charge in [0.2, 0.25) is 0 Å². The lowest BCUT2D eigenvalue weighted by atomic mass is 10.2. The zero-order valence-corrected chi connectivity index (χ0v) is 11.8. The Labute approximate surface area is 119 Å². The van der Waals surface area contributed by atoms with Crippen LogP contribution < -0.4 is 5.69 Å². The maximum atomic E-state index is 11.6. The first-order chi connectivity index (χ1) is 9.15. The number of hydrogen-bond acceptors (Lipinski definition) is 4. The van der Waals surface area contributed by atoms with Crippen LogP contribution in [0.5, 0.6) is 0 Å². The minimum atomic E-state index is -0.244. The first kappa shape index (κ1) is 13.9. The molecule has 0 aliphatic carbocycles. The highest BCUT2D eigenvalue weighted by atomic mass is 35.5. The van der Waals surface area contributed by atoms with Gasteiger partial charge in [-0.05, 0) is 36.4 Å². The lowest BCUT2D eigenvalue weighted by molar-refractivity contribution is 0.112. The number of carbonyl (C=O) groups is 1. The molecule has 19 heavy (non-hydrogen) atoms. The van der Waals surface area contributed by atoms with Crippen molar-refractivity contribution in [2.75, 3.05) is 0 Å². The summed E-state index contributed by atoms with van der Waals surface area (Å²) in [5.74, 6) is 0. The topological polar surface area (TPSA) is 67.8 Å². The Morgan fingerprint density at radius 1 is 1.53 bits per heavy atom. The second-order valence-electron chi connectivity index (χ2n) is 3.87. The molecule has 7 heteroatoms. The van der Waals surface area contributed by atoms with Crippen molar-refractivity contribution < 1.29 is 4.79 Å². The first-order valence-electron chi connectivity index (χ1n) is 5.73. The monoisotopic (exact) mass is 297 g/mol. The maximum absolute atomic E-state index is 11.6. The fraction of sp³-hybridized carbons (Fsp3) is 0.250. The number of nitrogens with one attached hydrogen (secondary N) is 1. The van der Waals surface area contributed by atoms with Gasteiger partial charge in [-0.15, -0.1) is 5.10 Å². The van der Waals surface area contributed by atoms with Crippen molar-refractivity contribution in [3.05, 3.63) is 39.3 Å². The number of aldehydes is 1. The molecule has 2 rings (SSSR count). The van der Waals surface area contributed by atoms with Gasteiger partial charge in [0.25, 0.3) is 0 Å². The van der Waals surface area contributed by atoms with Gasteiger partial charge in [-0.2, -0.15) is 0 Å². The van der Waals surface area contributed by atoms with Gasteiger partial charge in [0.05, 0.1) is 0 Å². The zero-order chi connectivity index (χ0) is 13.8. The van der Waals surface area contributed by atoms with Crippen LogP contribution in [0.1, 0.15) is 23.7 Å². The van der Waals surface area contributed by atoms with Gasteiger partial charge in [0.1, 0.15) is 0 Å². The van der Waals surface area contributed by atoms with Crippen LogP contribution in [0.4, 0.5) is 0 Å². The number of rotatable bonds is 5. The summed E-state index contributed by atoms with van der Waals surface area (Å²) in [4.78, 5) is 23.3. The molecular formula is C12H12ClN3O2S. The molecule has 0 unspecified atom stereocenters. The molecule has 1 heterocycles. The van der Waals surface area contributed by atoms with Crippen LogP contribution in [-0.4, -0.2) is 21.1 Å². The van der Waals surface area contributed by atoms with Crippen molar-refractivity contribution in [3.8, 4) is 0 Å². The van der Waals surface area contributed by atoms with E-state index < -0.39 is 0 Å². The van der Waals surface area contributed by atoms with Crippen LogP contribution in [0, 0.1) is 0 Å². The van der Waals surface area contributed by atoms with E-state index in [1.165, 1.54) is 11.8 Å². The van der Waals surface area contributed by atoms with E-state index in [-0.39, 0.29) is 5.69 Å². The van der Waals surface area contributed by atoms with Gasteiger partial charge < -0.3 is 0 Å². The third kappa shape index (κ3) is 3.08. The summed E-state index contributed by atoms with van der Waals surface area (Å²) in [5.41, 5.74) is 0.238. The molecule has 0 fully saturated rings. The number of aromatic amines is 1. The SMILES string of the molecule is CCCn1c(Sc2ccc(Cl)cc2C=O)n[nH]c1=O. The fourth-order valence-electron chi connectivity index (χ4n) is 1.60. The minimum absolute atomic E-state index is 0.244. The minimum Gasteiger partial charge on any atom is -0.298 e. The predicted octanol–water partition coefficient (Wildman–Crippen LogP) is 2.60. The molecule has 1 aromatic carbocycles. The molecule has 0 atom stereocenters. The van der Waals surface area contributed by atoms with Gasteiger partial charge in [-0.25, -0.2) is 9.89 Å². The Balaban J connectivity index is 2.36. The Morgan fingerprint density at radius 3 is 3.00 bits per heavy atom. The van der Waals surface area contributed by atoms with Crippen molar-refractivity contribution in [3.63, 3.8) is 0 Å². The molecule has 0 spiro atoms. The van der Waals surface area contributed by atoms with Crippen molar-refractivity contribution >= 4 is 29.6 Å².